The number of unbranched alkanes of at least 4 members (excludes halogenated alkanes) is 1. The highest BCUT2D eigenvalue weighted by Gasteiger charge is 2.50. The number of carbonyl (C=O) groups excluding carboxylic acids is 2. The van der Waals surface area contributed by atoms with Crippen LogP contribution in [0.25, 0.3) is 11.0 Å². The first-order valence-electron chi connectivity index (χ1n) is 11.2. The lowest BCUT2D eigenvalue weighted by Gasteiger charge is -2.39. The third-order valence-corrected chi connectivity index (χ3v) is 7.58. The van der Waals surface area contributed by atoms with Crippen LogP contribution in [0.15, 0.2) is 9.59 Å². The summed E-state index contributed by atoms with van der Waals surface area (Å²) >= 11 is 0.985. The summed E-state index contributed by atoms with van der Waals surface area (Å²) in [6.45, 7) is 5.36. The van der Waals surface area contributed by atoms with Gasteiger partial charge in [-0.15, -0.1) is 0 Å². The number of nitrogens with two attached hydrogens (primary N) is 1. The molecule has 2 aliphatic rings. The molecule has 1 aliphatic heterocycles. The lowest BCUT2D eigenvalue weighted by molar-refractivity contribution is -0.125. The van der Waals surface area contributed by atoms with E-state index in [1.165, 1.54) is 14.0 Å². The molecule has 2 aromatic heterocycles. The first kappa shape index (κ1) is 23.4. The van der Waals surface area contributed by atoms with Crippen LogP contribution in [-0.4, -0.2) is 48.1 Å². The van der Waals surface area contributed by atoms with Gasteiger partial charge in [-0.2, -0.15) is 4.37 Å². The Labute approximate surface area is 193 Å². The zero-order chi connectivity index (χ0) is 24.1. The first-order valence-corrected chi connectivity index (χ1v) is 12.0. The molecule has 12 heteroatoms. The molecule has 2 fully saturated rings. The quantitative estimate of drug-likeness (QED) is 0.609. The number of alkyl halides is 1. The summed E-state index contributed by atoms with van der Waals surface area (Å²) < 4.78 is 22.7. The largest absolute Gasteiger partial charge is 0.389 e. The van der Waals surface area contributed by atoms with E-state index in [1.54, 1.807) is 13.8 Å². The molecule has 1 aliphatic carbocycles. The lowest BCUT2D eigenvalue weighted by Crippen LogP contribution is -2.52. The number of urea groups is 1. The van der Waals surface area contributed by atoms with Gasteiger partial charge in [-0.05, 0) is 57.5 Å². The van der Waals surface area contributed by atoms with Crippen molar-refractivity contribution in [2.75, 3.05) is 12.3 Å². The van der Waals surface area contributed by atoms with Gasteiger partial charge >= 0.3 is 11.7 Å². The molecule has 3 amide bonds. The number of aromatic nitrogens is 3. The van der Waals surface area contributed by atoms with E-state index in [2.05, 4.69) is 9.69 Å². The molecule has 3 heterocycles. The van der Waals surface area contributed by atoms with Gasteiger partial charge in [-0.3, -0.25) is 24.0 Å². The second kappa shape index (κ2) is 8.23. The Hall–Kier alpha value is -2.76. The number of nitrogen functional groups attached to an aromatic ring is 1. The van der Waals surface area contributed by atoms with Crippen LogP contribution in [0.1, 0.15) is 65.3 Å². The van der Waals surface area contributed by atoms with Crippen molar-refractivity contribution in [3.05, 3.63) is 20.8 Å². The maximum absolute atomic E-state index is 15.7. The molecule has 1 saturated carbocycles. The monoisotopic (exact) mass is 480 g/mol. The van der Waals surface area contributed by atoms with Crippen molar-refractivity contribution in [3.8, 4) is 0 Å². The molecular weight excluding hydrogens is 451 g/mol. The Kier molecular flexibility index (Phi) is 5.83. The van der Waals surface area contributed by atoms with E-state index in [0.717, 1.165) is 24.4 Å². The second-order valence-electron chi connectivity index (χ2n) is 9.49. The van der Waals surface area contributed by atoms with Crippen molar-refractivity contribution in [1.29, 1.82) is 0 Å². The highest BCUT2D eigenvalue weighted by atomic mass is 32.1. The summed E-state index contributed by atoms with van der Waals surface area (Å²) in [5.41, 5.74) is 2.52. The highest BCUT2D eigenvalue weighted by molar-refractivity contribution is 7.11. The minimum absolute atomic E-state index is 0.0575. The molecule has 180 valence electrons. The molecule has 3 N–H and O–H groups in total. The zero-order valence-electron chi connectivity index (χ0n) is 19.0. The van der Waals surface area contributed by atoms with Crippen LogP contribution in [0.2, 0.25) is 0 Å². The van der Waals surface area contributed by atoms with Crippen LogP contribution in [0.4, 0.5) is 14.2 Å². The van der Waals surface area contributed by atoms with Crippen molar-refractivity contribution in [2.24, 2.45) is 0 Å². The average Bonchev–Trinajstić information content (AvgIpc) is 3.22. The number of hydrogen-bond acceptors (Lipinski definition) is 7. The number of fused-ring (bicyclic) bond motifs is 1. The van der Waals surface area contributed by atoms with Crippen LogP contribution in [0.3, 0.4) is 0 Å². The van der Waals surface area contributed by atoms with E-state index in [4.69, 9.17) is 5.73 Å². The van der Waals surface area contributed by atoms with Crippen molar-refractivity contribution >= 4 is 39.5 Å². The van der Waals surface area contributed by atoms with Crippen LogP contribution in [0.5, 0.6) is 0 Å². The molecule has 0 radical (unpaired) electrons. The van der Waals surface area contributed by atoms with Crippen molar-refractivity contribution in [1.82, 2.24) is 23.7 Å². The molecule has 10 nitrogen and oxygen atoms in total. The number of halogens is 1. The fourth-order valence-electron chi connectivity index (χ4n) is 4.73. The topological polar surface area (TPSA) is 132 Å². The van der Waals surface area contributed by atoms with E-state index >= 15 is 4.39 Å². The fourth-order valence-corrected chi connectivity index (χ4v) is 5.37. The van der Waals surface area contributed by atoms with E-state index in [1.807, 2.05) is 6.92 Å². The lowest BCUT2D eigenvalue weighted by atomic mass is 9.82. The van der Waals surface area contributed by atoms with Gasteiger partial charge < -0.3 is 10.6 Å². The number of anilines is 1. The number of hydrogen-bond donors (Lipinski definition) is 2. The zero-order valence-corrected chi connectivity index (χ0v) is 19.8. The fraction of sp³-hybridized carbons (Fsp3) is 0.667. The van der Waals surface area contributed by atoms with E-state index < -0.39 is 40.4 Å². The Morgan fingerprint density at radius 3 is 2.45 bits per heavy atom. The van der Waals surface area contributed by atoms with Crippen LogP contribution >= 0.6 is 11.5 Å². The van der Waals surface area contributed by atoms with Crippen LogP contribution in [0, 0.1) is 0 Å². The molecule has 0 bridgehead atoms. The minimum atomic E-state index is -1.71. The van der Waals surface area contributed by atoms with Gasteiger partial charge in [0.05, 0.1) is 6.54 Å². The first-order chi connectivity index (χ1) is 15.5. The van der Waals surface area contributed by atoms with Gasteiger partial charge in [-0.1, -0.05) is 13.3 Å². The number of nitrogens with zero attached hydrogens (tertiary/aromatic N) is 4. The van der Waals surface area contributed by atoms with E-state index in [0.29, 0.717) is 12.2 Å². The molecule has 0 atom stereocenters. The van der Waals surface area contributed by atoms with Gasteiger partial charge in [0.2, 0.25) is 0 Å². The number of amides is 3. The third kappa shape index (κ3) is 3.83. The molecule has 1 saturated heterocycles. The smallest absolute Gasteiger partial charge is 0.332 e. The molecule has 0 unspecified atom stereocenters. The van der Waals surface area contributed by atoms with Gasteiger partial charge in [0.15, 0.2) is 5.65 Å². The number of imide groups is 1. The van der Waals surface area contributed by atoms with Gasteiger partial charge in [-0.25, -0.2) is 14.0 Å². The number of nitrogens with one attached hydrogen (secondary N) is 1. The highest BCUT2D eigenvalue weighted by Crippen LogP contribution is 2.39. The normalized spacial score (nSPS) is 25.1. The molecule has 33 heavy (non-hydrogen) atoms. The summed E-state index contributed by atoms with van der Waals surface area (Å²) in [4.78, 5) is 51.9. The van der Waals surface area contributed by atoms with E-state index in [9.17, 15) is 19.2 Å². The SMILES string of the molecule is CCCCn1c(=O)n(C2CCC(F)(CN3C(=O)NC(=O)C3(C)C)CC2)c(=O)c2c(N)snc21. The Balaban J connectivity index is 1.61. The molecule has 0 aromatic carbocycles. The maximum atomic E-state index is 15.7. The predicted molar refractivity (Wildman–Crippen MR) is 123 cm³/mol. The van der Waals surface area contributed by atoms with Crippen molar-refractivity contribution < 1.29 is 14.0 Å². The third-order valence-electron chi connectivity index (χ3n) is 6.91. The second-order valence-corrected chi connectivity index (χ2v) is 10.3. The standard InChI is InChI=1S/C21H29FN6O4S/c1-4-5-10-26-15-13(14(23)33-25-15)16(29)28(19(26)32)12-6-8-21(22,9-7-12)11-27-18(31)24-17(30)20(27,2)3/h12H,4-11,23H2,1-3H3,(H,24,30,31). The molecule has 4 rings (SSSR count). The number of rotatable bonds is 6. The summed E-state index contributed by atoms with van der Waals surface area (Å²) in [7, 11) is 0. The summed E-state index contributed by atoms with van der Waals surface area (Å²) in [6.07, 6.45) is 2.24. The van der Waals surface area contributed by atoms with Crippen LogP contribution in [-0.2, 0) is 11.3 Å². The number of aryl methyl sites for hydroxylation is 1. The summed E-state index contributed by atoms with van der Waals surface area (Å²) in [5, 5.41) is 2.73. The Morgan fingerprint density at radius 2 is 1.88 bits per heavy atom. The van der Waals surface area contributed by atoms with Gasteiger partial charge in [0.1, 0.15) is 21.6 Å². The average molecular weight is 481 g/mol. The predicted octanol–water partition coefficient (Wildman–Crippen LogP) is 2.16. The summed E-state index contributed by atoms with van der Waals surface area (Å²) in [6, 6.07) is -1.09. The molecular formula is C21H29FN6O4S. The van der Waals surface area contributed by atoms with Crippen molar-refractivity contribution in [3.63, 3.8) is 0 Å². The van der Waals surface area contributed by atoms with Gasteiger partial charge in [0, 0.05) is 12.6 Å². The maximum Gasteiger partial charge on any atom is 0.332 e. The Bertz CT molecular complexity index is 1220. The van der Waals surface area contributed by atoms with Crippen molar-refractivity contribution in [2.45, 2.75) is 83.1 Å². The van der Waals surface area contributed by atoms with E-state index in [-0.39, 0.29) is 42.6 Å². The Morgan fingerprint density at radius 1 is 1.21 bits per heavy atom. The number of carbonyl (C=O) groups is 2. The molecule has 0 spiro atoms. The summed E-state index contributed by atoms with van der Waals surface area (Å²) in [5.74, 6) is -0.459. The molecule has 2 aromatic rings. The minimum Gasteiger partial charge on any atom is -0.389 e. The van der Waals surface area contributed by atoms with Gasteiger partial charge in [0.25, 0.3) is 11.5 Å². The van der Waals surface area contributed by atoms with Crippen LogP contribution < -0.4 is 22.3 Å².